The summed E-state index contributed by atoms with van der Waals surface area (Å²) in [6.07, 6.45) is 4.65. The van der Waals surface area contributed by atoms with Crippen LogP contribution in [0.5, 0.6) is 0 Å². The van der Waals surface area contributed by atoms with Gasteiger partial charge in [-0.3, -0.25) is 4.79 Å². The second-order valence-electron chi connectivity index (χ2n) is 4.96. The number of hydrogen-bond acceptors (Lipinski definition) is 5. The van der Waals surface area contributed by atoms with Crippen LogP contribution in [0.25, 0.3) is 6.08 Å². The first-order valence-electron chi connectivity index (χ1n) is 7.01. The molecular formula is C16H17N3O4S. The summed E-state index contributed by atoms with van der Waals surface area (Å²) in [6, 6.07) is 9.30. The van der Waals surface area contributed by atoms with Crippen molar-refractivity contribution in [1.82, 2.24) is 4.83 Å². The Labute approximate surface area is 140 Å². The normalized spacial score (nSPS) is 12.3. The fraction of sp³-hybridized carbons (Fsp3) is 0.125. The summed E-state index contributed by atoms with van der Waals surface area (Å²) in [5, 5.41) is 6.29. The molecule has 7 nitrogen and oxygen atoms in total. The van der Waals surface area contributed by atoms with Gasteiger partial charge in [0.2, 0.25) is 5.91 Å². The Bertz CT molecular complexity index is 851. The lowest BCUT2D eigenvalue weighted by Crippen LogP contribution is -2.18. The third kappa shape index (κ3) is 5.10. The first kappa shape index (κ1) is 17.5. The highest BCUT2D eigenvalue weighted by atomic mass is 32.2. The van der Waals surface area contributed by atoms with Gasteiger partial charge in [0.05, 0.1) is 17.4 Å². The topological polar surface area (TPSA) is 101 Å². The van der Waals surface area contributed by atoms with Gasteiger partial charge in [0.1, 0.15) is 5.76 Å². The van der Waals surface area contributed by atoms with Crippen LogP contribution in [-0.4, -0.2) is 20.5 Å². The van der Waals surface area contributed by atoms with Gasteiger partial charge in [-0.1, -0.05) is 0 Å². The van der Waals surface area contributed by atoms with E-state index in [1.54, 1.807) is 31.4 Å². The summed E-state index contributed by atoms with van der Waals surface area (Å²) < 4.78 is 29.4. The predicted molar refractivity (Wildman–Crippen MR) is 91.9 cm³/mol. The second kappa shape index (κ2) is 7.60. The molecule has 0 aliphatic heterocycles. The zero-order chi connectivity index (χ0) is 17.6. The Morgan fingerprint density at radius 3 is 2.46 bits per heavy atom. The molecule has 2 rings (SSSR count). The average molecular weight is 347 g/mol. The molecule has 2 N–H and O–H groups in total. The lowest BCUT2D eigenvalue weighted by Gasteiger charge is -2.05. The number of anilines is 1. The molecule has 0 aliphatic rings. The van der Waals surface area contributed by atoms with E-state index in [4.69, 9.17) is 4.42 Å². The first-order chi connectivity index (χ1) is 11.4. The molecule has 126 valence electrons. The number of allylic oxidation sites excluding steroid dienone is 1. The molecule has 0 aliphatic carbocycles. The van der Waals surface area contributed by atoms with Crippen LogP contribution in [0.2, 0.25) is 0 Å². The van der Waals surface area contributed by atoms with Crippen LogP contribution in [0, 0.1) is 0 Å². The SMILES string of the molecule is CC(=O)Nc1ccc(S(=O)(=O)NN=CC(C)=Cc2ccco2)cc1. The number of rotatable bonds is 6. The molecule has 1 aromatic heterocycles. The van der Waals surface area contributed by atoms with Crippen molar-refractivity contribution >= 4 is 33.9 Å². The Balaban J connectivity index is 2.03. The fourth-order valence-corrected chi connectivity index (χ4v) is 2.60. The number of carbonyl (C=O) groups excluding carboxylic acids is 1. The Kier molecular flexibility index (Phi) is 5.54. The van der Waals surface area contributed by atoms with Gasteiger partial charge in [-0.2, -0.15) is 13.5 Å². The van der Waals surface area contributed by atoms with Crippen molar-refractivity contribution in [3.8, 4) is 0 Å². The van der Waals surface area contributed by atoms with E-state index in [1.165, 1.54) is 37.4 Å². The highest BCUT2D eigenvalue weighted by Crippen LogP contribution is 2.14. The van der Waals surface area contributed by atoms with Crippen molar-refractivity contribution in [2.75, 3.05) is 5.32 Å². The molecule has 0 unspecified atom stereocenters. The molecular weight excluding hydrogens is 330 g/mol. The van der Waals surface area contributed by atoms with E-state index in [0.29, 0.717) is 17.0 Å². The van der Waals surface area contributed by atoms with Crippen LogP contribution in [0.4, 0.5) is 5.69 Å². The third-order valence-corrected chi connectivity index (χ3v) is 4.08. The molecule has 0 radical (unpaired) electrons. The molecule has 2 aromatic rings. The van der Waals surface area contributed by atoms with E-state index in [9.17, 15) is 13.2 Å². The number of sulfonamides is 1. The number of carbonyl (C=O) groups is 1. The molecule has 1 heterocycles. The fourth-order valence-electron chi connectivity index (χ4n) is 1.81. The highest BCUT2D eigenvalue weighted by Gasteiger charge is 2.12. The second-order valence-corrected chi connectivity index (χ2v) is 6.62. The van der Waals surface area contributed by atoms with E-state index in [2.05, 4.69) is 15.2 Å². The van der Waals surface area contributed by atoms with Crippen LogP contribution in [-0.2, 0) is 14.8 Å². The molecule has 0 spiro atoms. The van der Waals surface area contributed by atoms with Gasteiger partial charge in [0.25, 0.3) is 10.0 Å². The molecule has 0 saturated heterocycles. The van der Waals surface area contributed by atoms with Crippen LogP contribution >= 0.6 is 0 Å². The van der Waals surface area contributed by atoms with Gasteiger partial charge < -0.3 is 9.73 Å². The Hall–Kier alpha value is -2.87. The summed E-state index contributed by atoms with van der Waals surface area (Å²) >= 11 is 0. The third-order valence-electron chi connectivity index (χ3n) is 2.84. The maximum absolute atomic E-state index is 12.1. The molecule has 0 saturated carbocycles. The van der Waals surface area contributed by atoms with Gasteiger partial charge >= 0.3 is 0 Å². The molecule has 24 heavy (non-hydrogen) atoms. The van der Waals surface area contributed by atoms with E-state index in [-0.39, 0.29) is 10.8 Å². The Morgan fingerprint density at radius 2 is 1.88 bits per heavy atom. The van der Waals surface area contributed by atoms with Crippen molar-refractivity contribution < 1.29 is 17.6 Å². The summed E-state index contributed by atoms with van der Waals surface area (Å²) in [6.45, 7) is 3.14. The predicted octanol–water partition coefficient (Wildman–Crippen LogP) is 2.61. The quantitative estimate of drug-likeness (QED) is 0.619. The number of amides is 1. The van der Waals surface area contributed by atoms with Crippen LogP contribution < -0.4 is 10.1 Å². The van der Waals surface area contributed by atoms with E-state index in [1.807, 2.05) is 0 Å². The minimum absolute atomic E-state index is 0.0430. The maximum atomic E-state index is 12.1. The van der Waals surface area contributed by atoms with Crippen molar-refractivity contribution in [3.63, 3.8) is 0 Å². The van der Waals surface area contributed by atoms with Gasteiger partial charge in [0, 0.05) is 12.6 Å². The monoisotopic (exact) mass is 347 g/mol. The number of hydrogen-bond donors (Lipinski definition) is 2. The minimum atomic E-state index is -3.77. The maximum Gasteiger partial charge on any atom is 0.276 e. The summed E-state index contributed by atoms with van der Waals surface area (Å²) in [5.74, 6) is 0.419. The zero-order valence-electron chi connectivity index (χ0n) is 13.2. The van der Waals surface area contributed by atoms with E-state index in [0.717, 1.165) is 0 Å². The standard InChI is InChI=1S/C16H17N3O4S/c1-12(10-15-4-3-9-23-15)11-17-19-24(21,22)16-7-5-14(6-8-16)18-13(2)20/h3-11,19H,1-2H3,(H,18,20). The number of nitrogens with one attached hydrogen (secondary N) is 2. The van der Waals surface area contributed by atoms with Gasteiger partial charge in [0.15, 0.2) is 0 Å². The van der Waals surface area contributed by atoms with Crippen LogP contribution in [0.15, 0.2) is 62.6 Å². The van der Waals surface area contributed by atoms with Crippen LogP contribution in [0.1, 0.15) is 19.6 Å². The van der Waals surface area contributed by atoms with Crippen LogP contribution in [0.3, 0.4) is 0 Å². The molecule has 0 fully saturated rings. The van der Waals surface area contributed by atoms with E-state index < -0.39 is 10.0 Å². The summed E-state index contributed by atoms with van der Waals surface area (Å²) in [7, 11) is -3.77. The molecule has 1 aromatic carbocycles. The zero-order valence-corrected chi connectivity index (χ0v) is 14.0. The van der Waals surface area contributed by atoms with Gasteiger partial charge in [-0.15, -0.1) is 0 Å². The lowest BCUT2D eigenvalue weighted by molar-refractivity contribution is -0.114. The summed E-state index contributed by atoms with van der Waals surface area (Å²) in [4.78, 5) is 13.1. The molecule has 0 atom stereocenters. The van der Waals surface area contributed by atoms with Gasteiger partial charge in [-0.05, 0) is 55.0 Å². The molecule has 1 amide bonds. The highest BCUT2D eigenvalue weighted by molar-refractivity contribution is 7.89. The number of hydrazone groups is 1. The van der Waals surface area contributed by atoms with Crippen molar-refractivity contribution in [2.45, 2.75) is 18.7 Å². The number of nitrogens with zero attached hydrogens (tertiary/aromatic N) is 1. The average Bonchev–Trinajstić information content (AvgIpc) is 2.99. The number of furan rings is 1. The molecule has 0 bridgehead atoms. The Morgan fingerprint density at radius 1 is 1.17 bits per heavy atom. The smallest absolute Gasteiger partial charge is 0.276 e. The lowest BCUT2D eigenvalue weighted by atomic mass is 10.3. The minimum Gasteiger partial charge on any atom is -0.465 e. The largest absolute Gasteiger partial charge is 0.465 e. The van der Waals surface area contributed by atoms with E-state index >= 15 is 0 Å². The van der Waals surface area contributed by atoms with Crippen molar-refractivity contribution in [3.05, 3.63) is 54.0 Å². The number of benzene rings is 1. The summed E-state index contributed by atoms with van der Waals surface area (Å²) in [5.41, 5.74) is 1.23. The van der Waals surface area contributed by atoms with Crippen molar-refractivity contribution in [2.24, 2.45) is 5.10 Å². The van der Waals surface area contributed by atoms with Crippen molar-refractivity contribution in [1.29, 1.82) is 0 Å². The first-order valence-corrected chi connectivity index (χ1v) is 8.49. The van der Waals surface area contributed by atoms with Gasteiger partial charge in [-0.25, -0.2) is 4.83 Å². The molecule has 8 heteroatoms.